The van der Waals surface area contributed by atoms with Crippen LogP contribution in [0.15, 0.2) is 53.4 Å². The molecular formula is C33H44ClN5O2S. The first-order valence-electron chi connectivity index (χ1n) is 14.7. The number of aromatic nitrogens is 2. The molecule has 1 saturated heterocycles. The van der Waals surface area contributed by atoms with E-state index in [4.69, 9.17) is 21.3 Å². The molecule has 1 N–H and O–H groups in total. The van der Waals surface area contributed by atoms with Gasteiger partial charge in [-0.05, 0) is 94.1 Å². The number of amides is 1. The fraction of sp³-hybridized carbons (Fsp3) is 0.485. The highest BCUT2D eigenvalue weighted by Crippen LogP contribution is 2.30. The van der Waals surface area contributed by atoms with Crippen molar-refractivity contribution < 1.29 is 9.53 Å². The minimum Gasteiger partial charge on any atom is -0.444 e. The van der Waals surface area contributed by atoms with Gasteiger partial charge in [-0.1, -0.05) is 55.8 Å². The third-order valence-corrected chi connectivity index (χ3v) is 8.16. The SMILES string of the molecule is Cc1cccc(C)c1-c1cc(Cl)nc(NSc2cccc(CN3CCCN(C(=O)OC(C)(C)C)CC3CC(C)C)c2)n1. The van der Waals surface area contributed by atoms with Gasteiger partial charge in [0.15, 0.2) is 0 Å². The number of aryl methyl sites for hydroxylation is 2. The topological polar surface area (TPSA) is 70.6 Å². The number of rotatable bonds is 8. The van der Waals surface area contributed by atoms with E-state index in [1.165, 1.54) is 17.5 Å². The summed E-state index contributed by atoms with van der Waals surface area (Å²) >= 11 is 7.88. The molecule has 3 aromatic rings. The van der Waals surface area contributed by atoms with E-state index in [1.54, 1.807) is 0 Å². The van der Waals surface area contributed by atoms with Crippen LogP contribution in [0, 0.1) is 19.8 Å². The highest BCUT2D eigenvalue weighted by Gasteiger charge is 2.30. The smallest absolute Gasteiger partial charge is 0.410 e. The molecule has 0 saturated carbocycles. The first-order chi connectivity index (χ1) is 19.9. The molecule has 1 unspecified atom stereocenters. The van der Waals surface area contributed by atoms with E-state index in [2.05, 4.69) is 78.7 Å². The van der Waals surface area contributed by atoms with Crippen LogP contribution < -0.4 is 4.72 Å². The van der Waals surface area contributed by atoms with Crippen LogP contribution in [0.1, 0.15) is 64.2 Å². The molecule has 1 aliphatic heterocycles. The Kier molecular flexibility index (Phi) is 10.8. The number of hydrogen-bond acceptors (Lipinski definition) is 7. The Hall–Kier alpha value is -2.81. The molecule has 1 fully saturated rings. The van der Waals surface area contributed by atoms with Gasteiger partial charge in [-0.15, -0.1) is 0 Å². The second-order valence-electron chi connectivity index (χ2n) is 12.6. The summed E-state index contributed by atoms with van der Waals surface area (Å²) in [5.41, 5.74) is 4.91. The molecule has 1 amide bonds. The molecule has 0 bridgehead atoms. The Morgan fingerprint density at radius 2 is 1.81 bits per heavy atom. The molecule has 1 atom stereocenters. The van der Waals surface area contributed by atoms with E-state index >= 15 is 0 Å². The van der Waals surface area contributed by atoms with Crippen molar-refractivity contribution in [3.05, 3.63) is 70.4 Å². The van der Waals surface area contributed by atoms with Gasteiger partial charge in [-0.2, -0.15) is 0 Å². The molecule has 0 aliphatic carbocycles. The van der Waals surface area contributed by atoms with Crippen molar-refractivity contribution >= 4 is 35.6 Å². The molecule has 4 rings (SSSR count). The zero-order valence-electron chi connectivity index (χ0n) is 25.9. The third kappa shape index (κ3) is 9.09. The molecule has 2 heterocycles. The van der Waals surface area contributed by atoms with Crippen LogP contribution in [0.25, 0.3) is 11.3 Å². The molecular weight excluding hydrogens is 566 g/mol. The Bertz CT molecular complexity index is 1360. The second kappa shape index (κ2) is 14.1. The van der Waals surface area contributed by atoms with Crippen molar-refractivity contribution in [2.45, 2.75) is 84.4 Å². The standard InChI is InChI=1S/C33H44ClN5O2S/c1-22(2)17-26-21-39(32(40)41-33(5,6)7)16-10-15-38(26)20-25-13-9-14-27(18-25)42-37-31-35-28(19-29(34)36-31)30-23(3)11-8-12-24(30)4/h8-9,11-14,18-19,22,26H,10,15-17,20-21H2,1-7H3,(H,35,36,37). The quantitative estimate of drug-likeness (QED) is 0.203. The number of anilines is 1. The number of nitrogens with zero attached hydrogens (tertiary/aromatic N) is 4. The number of carbonyl (C=O) groups excluding carboxylic acids is 1. The van der Waals surface area contributed by atoms with Crippen LogP contribution >= 0.6 is 23.5 Å². The Morgan fingerprint density at radius 3 is 2.50 bits per heavy atom. The normalized spacial score (nSPS) is 16.4. The van der Waals surface area contributed by atoms with E-state index < -0.39 is 5.60 Å². The van der Waals surface area contributed by atoms with Gasteiger partial charge in [-0.3, -0.25) is 9.62 Å². The molecule has 1 aromatic heterocycles. The predicted octanol–water partition coefficient (Wildman–Crippen LogP) is 8.39. The lowest BCUT2D eigenvalue weighted by Crippen LogP contribution is -2.44. The number of nitrogens with one attached hydrogen (secondary N) is 1. The molecule has 1 aliphatic rings. The van der Waals surface area contributed by atoms with Crippen LogP contribution in [-0.2, 0) is 11.3 Å². The van der Waals surface area contributed by atoms with Crippen LogP contribution in [0.2, 0.25) is 5.15 Å². The first kappa shape index (κ1) is 32.1. The monoisotopic (exact) mass is 609 g/mol. The van der Waals surface area contributed by atoms with Gasteiger partial charge < -0.3 is 9.64 Å². The summed E-state index contributed by atoms with van der Waals surface area (Å²) in [6, 6.07) is 16.8. The fourth-order valence-corrected chi connectivity index (χ4v) is 6.27. The van der Waals surface area contributed by atoms with Gasteiger partial charge in [0.1, 0.15) is 10.8 Å². The Labute approximate surface area is 260 Å². The Balaban J connectivity index is 1.46. The number of benzene rings is 2. The largest absolute Gasteiger partial charge is 0.444 e. The summed E-state index contributed by atoms with van der Waals surface area (Å²) in [6.45, 7) is 17.5. The minimum absolute atomic E-state index is 0.216. The fourth-order valence-electron chi connectivity index (χ4n) is 5.43. The van der Waals surface area contributed by atoms with Crippen molar-refractivity contribution in [1.82, 2.24) is 19.8 Å². The maximum absolute atomic E-state index is 12.9. The van der Waals surface area contributed by atoms with Gasteiger partial charge >= 0.3 is 6.09 Å². The molecule has 9 heteroatoms. The summed E-state index contributed by atoms with van der Waals surface area (Å²) in [5.74, 6) is 0.996. The van der Waals surface area contributed by atoms with Crippen LogP contribution in [0.4, 0.5) is 10.7 Å². The van der Waals surface area contributed by atoms with Gasteiger partial charge in [0, 0.05) is 48.7 Å². The molecule has 42 heavy (non-hydrogen) atoms. The molecule has 0 radical (unpaired) electrons. The minimum atomic E-state index is -0.500. The van der Waals surface area contributed by atoms with Crippen molar-refractivity contribution in [1.29, 1.82) is 0 Å². The van der Waals surface area contributed by atoms with E-state index in [0.29, 0.717) is 30.1 Å². The van der Waals surface area contributed by atoms with Crippen molar-refractivity contribution in [2.24, 2.45) is 5.92 Å². The maximum Gasteiger partial charge on any atom is 0.410 e. The highest BCUT2D eigenvalue weighted by molar-refractivity contribution is 8.00. The molecule has 7 nitrogen and oxygen atoms in total. The summed E-state index contributed by atoms with van der Waals surface area (Å²) < 4.78 is 9.01. The summed E-state index contributed by atoms with van der Waals surface area (Å²) in [5, 5.41) is 0.400. The lowest BCUT2D eigenvalue weighted by Gasteiger charge is -2.33. The molecule has 2 aromatic carbocycles. The Morgan fingerprint density at radius 1 is 1.10 bits per heavy atom. The van der Waals surface area contributed by atoms with Crippen molar-refractivity contribution in [3.63, 3.8) is 0 Å². The van der Waals surface area contributed by atoms with Gasteiger partial charge in [0.05, 0.1) is 5.69 Å². The zero-order chi connectivity index (χ0) is 30.4. The van der Waals surface area contributed by atoms with Crippen LogP contribution in [0.5, 0.6) is 0 Å². The van der Waals surface area contributed by atoms with E-state index in [9.17, 15) is 4.79 Å². The average molecular weight is 610 g/mol. The number of ether oxygens (including phenoxy) is 1. The zero-order valence-corrected chi connectivity index (χ0v) is 27.5. The summed E-state index contributed by atoms with van der Waals surface area (Å²) in [4.78, 5) is 27.6. The van der Waals surface area contributed by atoms with E-state index in [-0.39, 0.29) is 12.1 Å². The van der Waals surface area contributed by atoms with E-state index in [1.807, 2.05) is 37.8 Å². The predicted molar refractivity (Wildman–Crippen MR) is 174 cm³/mol. The van der Waals surface area contributed by atoms with Crippen LogP contribution in [0.3, 0.4) is 0 Å². The number of halogens is 1. The van der Waals surface area contributed by atoms with Crippen molar-refractivity contribution in [2.75, 3.05) is 24.4 Å². The highest BCUT2D eigenvalue weighted by atomic mass is 35.5. The lowest BCUT2D eigenvalue weighted by atomic mass is 10.00. The summed E-state index contributed by atoms with van der Waals surface area (Å²) in [7, 11) is 0. The lowest BCUT2D eigenvalue weighted by molar-refractivity contribution is 0.0222. The second-order valence-corrected chi connectivity index (χ2v) is 13.8. The van der Waals surface area contributed by atoms with E-state index in [0.717, 1.165) is 53.2 Å². The first-order valence-corrected chi connectivity index (χ1v) is 15.9. The number of hydrogen-bond donors (Lipinski definition) is 1. The van der Waals surface area contributed by atoms with Gasteiger partial charge in [0.2, 0.25) is 5.95 Å². The van der Waals surface area contributed by atoms with Gasteiger partial charge in [-0.25, -0.2) is 14.8 Å². The van der Waals surface area contributed by atoms with Crippen LogP contribution in [-0.4, -0.2) is 57.1 Å². The average Bonchev–Trinajstić information content (AvgIpc) is 3.08. The maximum atomic E-state index is 12.9. The third-order valence-electron chi connectivity index (χ3n) is 7.19. The van der Waals surface area contributed by atoms with Gasteiger partial charge in [0.25, 0.3) is 0 Å². The molecule has 0 spiro atoms. The summed E-state index contributed by atoms with van der Waals surface area (Å²) in [6.07, 6.45) is 1.72. The molecule has 226 valence electrons. The number of carbonyl (C=O) groups is 1. The van der Waals surface area contributed by atoms with Crippen molar-refractivity contribution in [3.8, 4) is 11.3 Å².